The monoisotopic (exact) mass is 441 g/mol. The maximum Gasteiger partial charge on any atom is 0.253 e. The van der Waals surface area contributed by atoms with Crippen molar-refractivity contribution < 1.29 is 14.0 Å². The SMILES string of the molecule is O=C1NC[C@H](c2ccccc2)[C@H]1C(=O)NN=Cc1ccc(-c2cccc(Cl)c2Cl)o1. The Balaban J connectivity index is 1.44. The average Bonchev–Trinajstić information content (AvgIpc) is 3.37. The third-order valence-corrected chi connectivity index (χ3v) is 5.72. The van der Waals surface area contributed by atoms with Gasteiger partial charge in [-0.2, -0.15) is 5.10 Å². The minimum atomic E-state index is -0.845. The Kier molecular flexibility index (Phi) is 5.88. The van der Waals surface area contributed by atoms with Crippen LogP contribution >= 0.6 is 23.2 Å². The highest BCUT2D eigenvalue weighted by atomic mass is 35.5. The molecule has 4 rings (SSSR count). The van der Waals surface area contributed by atoms with E-state index in [1.54, 1.807) is 30.3 Å². The van der Waals surface area contributed by atoms with Gasteiger partial charge in [0.05, 0.1) is 16.3 Å². The Hall–Kier alpha value is -3.09. The van der Waals surface area contributed by atoms with E-state index in [4.69, 9.17) is 27.6 Å². The Labute approximate surface area is 182 Å². The number of carbonyl (C=O) groups is 2. The van der Waals surface area contributed by atoms with Crippen LogP contribution in [-0.2, 0) is 9.59 Å². The van der Waals surface area contributed by atoms with E-state index in [1.807, 2.05) is 30.3 Å². The first kappa shape index (κ1) is 20.2. The summed E-state index contributed by atoms with van der Waals surface area (Å²) < 4.78 is 5.70. The predicted molar refractivity (Wildman–Crippen MR) is 116 cm³/mol. The maximum atomic E-state index is 12.6. The van der Waals surface area contributed by atoms with Gasteiger partial charge in [-0.25, -0.2) is 5.43 Å². The highest BCUT2D eigenvalue weighted by molar-refractivity contribution is 6.43. The topological polar surface area (TPSA) is 83.7 Å². The summed E-state index contributed by atoms with van der Waals surface area (Å²) in [6.07, 6.45) is 1.37. The highest BCUT2D eigenvalue weighted by Gasteiger charge is 2.40. The van der Waals surface area contributed by atoms with Crippen molar-refractivity contribution in [3.63, 3.8) is 0 Å². The lowest BCUT2D eigenvalue weighted by Gasteiger charge is -2.15. The molecule has 2 atom stereocenters. The number of carbonyl (C=O) groups excluding carboxylic acids is 2. The second kappa shape index (κ2) is 8.73. The molecule has 1 aromatic heterocycles. The molecule has 30 heavy (non-hydrogen) atoms. The Morgan fingerprint density at radius 3 is 2.70 bits per heavy atom. The van der Waals surface area contributed by atoms with Crippen molar-refractivity contribution in [3.05, 3.63) is 82.0 Å². The molecule has 2 aromatic carbocycles. The molecule has 1 saturated heterocycles. The number of rotatable bonds is 5. The fraction of sp³-hybridized carbons (Fsp3) is 0.136. The van der Waals surface area contributed by atoms with Crippen LogP contribution in [-0.4, -0.2) is 24.6 Å². The Morgan fingerprint density at radius 1 is 1.10 bits per heavy atom. The lowest BCUT2D eigenvalue weighted by atomic mass is 9.88. The number of halogens is 2. The van der Waals surface area contributed by atoms with Gasteiger partial charge in [0.2, 0.25) is 5.91 Å². The van der Waals surface area contributed by atoms with E-state index >= 15 is 0 Å². The van der Waals surface area contributed by atoms with Crippen LogP contribution in [0.4, 0.5) is 0 Å². The van der Waals surface area contributed by atoms with Gasteiger partial charge in [-0.3, -0.25) is 9.59 Å². The van der Waals surface area contributed by atoms with Crippen LogP contribution in [0.1, 0.15) is 17.2 Å². The molecule has 2 heterocycles. The van der Waals surface area contributed by atoms with Gasteiger partial charge in [-0.15, -0.1) is 0 Å². The van der Waals surface area contributed by atoms with Gasteiger partial charge in [-0.05, 0) is 29.8 Å². The number of amides is 2. The lowest BCUT2D eigenvalue weighted by Crippen LogP contribution is -2.34. The summed E-state index contributed by atoms with van der Waals surface area (Å²) in [6, 6.07) is 18.1. The fourth-order valence-electron chi connectivity index (χ4n) is 3.42. The van der Waals surface area contributed by atoms with Crippen LogP contribution < -0.4 is 10.7 Å². The zero-order valence-electron chi connectivity index (χ0n) is 15.6. The molecule has 1 aliphatic heterocycles. The molecule has 0 unspecified atom stereocenters. The molecule has 0 saturated carbocycles. The number of nitrogens with one attached hydrogen (secondary N) is 2. The molecule has 0 radical (unpaired) electrons. The normalized spacial score (nSPS) is 18.5. The average molecular weight is 442 g/mol. The summed E-state index contributed by atoms with van der Waals surface area (Å²) in [5, 5.41) is 7.50. The zero-order valence-corrected chi connectivity index (χ0v) is 17.2. The van der Waals surface area contributed by atoms with E-state index in [0.29, 0.717) is 33.7 Å². The third kappa shape index (κ3) is 4.10. The number of hydrogen-bond donors (Lipinski definition) is 2. The van der Waals surface area contributed by atoms with Crippen molar-refractivity contribution in [1.82, 2.24) is 10.7 Å². The number of hydrazone groups is 1. The van der Waals surface area contributed by atoms with Crippen molar-refractivity contribution in [3.8, 4) is 11.3 Å². The Morgan fingerprint density at radius 2 is 1.90 bits per heavy atom. The van der Waals surface area contributed by atoms with Crippen molar-refractivity contribution in [2.24, 2.45) is 11.0 Å². The van der Waals surface area contributed by atoms with Crippen LogP contribution in [0.2, 0.25) is 10.0 Å². The van der Waals surface area contributed by atoms with E-state index in [9.17, 15) is 9.59 Å². The molecule has 8 heteroatoms. The molecule has 6 nitrogen and oxygen atoms in total. The standard InChI is InChI=1S/C22H17Cl2N3O3/c23-17-8-4-7-15(20(17)24)18-10-9-14(30-18)11-26-27-22(29)19-16(12-25-21(19)28)13-5-2-1-3-6-13/h1-11,16,19H,12H2,(H,25,28)(H,27,29)/t16-,19-/m1/s1. The minimum Gasteiger partial charge on any atom is -0.455 e. The summed E-state index contributed by atoms with van der Waals surface area (Å²) in [6.45, 7) is 0.409. The van der Waals surface area contributed by atoms with E-state index in [-0.39, 0.29) is 11.8 Å². The molecule has 0 aliphatic carbocycles. The molecule has 1 fully saturated rings. The first-order valence-electron chi connectivity index (χ1n) is 9.24. The van der Waals surface area contributed by atoms with Gasteiger partial charge in [0.15, 0.2) is 0 Å². The molecule has 152 valence electrons. The third-order valence-electron chi connectivity index (χ3n) is 4.90. The fourth-order valence-corrected chi connectivity index (χ4v) is 3.82. The number of furan rings is 1. The molecule has 3 aromatic rings. The summed E-state index contributed by atoms with van der Waals surface area (Å²) in [4.78, 5) is 24.8. The minimum absolute atomic E-state index is 0.242. The van der Waals surface area contributed by atoms with E-state index in [2.05, 4.69) is 15.8 Å². The zero-order chi connectivity index (χ0) is 21.1. The van der Waals surface area contributed by atoms with Crippen LogP contribution in [0.25, 0.3) is 11.3 Å². The van der Waals surface area contributed by atoms with Crippen molar-refractivity contribution in [2.75, 3.05) is 6.54 Å². The van der Waals surface area contributed by atoms with Crippen LogP contribution in [0.5, 0.6) is 0 Å². The van der Waals surface area contributed by atoms with Gasteiger partial charge < -0.3 is 9.73 Å². The van der Waals surface area contributed by atoms with Crippen molar-refractivity contribution in [2.45, 2.75) is 5.92 Å². The largest absolute Gasteiger partial charge is 0.455 e. The van der Waals surface area contributed by atoms with Gasteiger partial charge in [0.1, 0.15) is 17.4 Å². The van der Waals surface area contributed by atoms with Crippen LogP contribution in [0, 0.1) is 5.92 Å². The molecule has 2 N–H and O–H groups in total. The maximum absolute atomic E-state index is 12.6. The van der Waals surface area contributed by atoms with Gasteiger partial charge in [-0.1, -0.05) is 59.6 Å². The van der Waals surface area contributed by atoms with Crippen molar-refractivity contribution >= 4 is 41.2 Å². The lowest BCUT2D eigenvalue weighted by molar-refractivity contribution is -0.133. The Bertz CT molecular complexity index is 1110. The predicted octanol–water partition coefficient (Wildman–Crippen LogP) is 4.23. The summed E-state index contributed by atoms with van der Waals surface area (Å²) >= 11 is 12.3. The molecular weight excluding hydrogens is 425 g/mol. The second-order valence-corrected chi connectivity index (χ2v) is 7.56. The van der Waals surface area contributed by atoms with E-state index in [1.165, 1.54) is 6.21 Å². The highest BCUT2D eigenvalue weighted by Crippen LogP contribution is 2.34. The first-order valence-corrected chi connectivity index (χ1v) is 10.00. The summed E-state index contributed by atoms with van der Waals surface area (Å²) in [5.74, 6) is -0.935. The summed E-state index contributed by atoms with van der Waals surface area (Å²) in [5.41, 5.74) is 4.01. The summed E-state index contributed by atoms with van der Waals surface area (Å²) in [7, 11) is 0. The van der Waals surface area contributed by atoms with Gasteiger partial charge >= 0.3 is 0 Å². The molecule has 1 aliphatic rings. The van der Waals surface area contributed by atoms with Crippen LogP contribution in [0.3, 0.4) is 0 Å². The first-order chi connectivity index (χ1) is 14.5. The van der Waals surface area contributed by atoms with Crippen LogP contribution in [0.15, 0.2) is 70.2 Å². The smallest absolute Gasteiger partial charge is 0.253 e. The molecular formula is C22H17Cl2N3O3. The van der Waals surface area contributed by atoms with Gasteiger partial charge in [0, 0.05) is 18.0 Å². The second-order valence-electron chi connectivity index (χ2n) is 6.78. The van der Waals surface area contributed by atoms with Gasteiger partial charge in [0.25, 0.3) is 5.91 Å². The van der Waals surface area contributed by atoms with Crippen molar-refractivity contribution in [1.29, 1.82) is 0 Å². The molecule has 2 amide bonds. The number of nitrogens with zero attached hydrogens (tertiary/aromatic N) is 1. The molecule has 0 spiro atoms. The molecule has 0 bridgehead atoms. The quantitative estimate of drug-likeness (QED) is 0.352. The van der Waals surface area contributed by atoms with E-state index < -0.39 is 11.8 Å². The number of benzene rings is 2. The number of hydrogen-bond acceptors (Lipinski definition) is 4. The van der Waals surface area contributed by atoms with E-state index in [0.717, 1.165) is 5.56 Å².